The van der Waals surface area contributed by atoms with E-state index in [4.69, 9.17) is 5.26 Å². The van der Waals surface area contributed by atoms with Gasteiger partial charge in [-0.15, -0.1) is 0 Å². The van der Waals surface area contributed by atoms with Gasteiger partial charge in [0.1, 0.15) is 11.9 Å². The first-order valence-electron chi connectivity index (χ1n) is 7.60. The number of hydrogen-bond donors (Lipinski definition) is 1. The highest BCUT2D eigenvalue weighted by Gasteiger charge is 2.21. The Labute approximate surface area is 135 Å². The Morgan fingerprint density at radius 3 is 2.65 bits per heavy atom. The van der Waals surface area contributed by atoms with E-state index in [0.717, 1.165) is 19.3 Å². The molecule has 1 unspecified atom stereocenters. The molecule has 0 aliphatic heterocycles. The molecule has 0 fully saturated rings. The number of carbonyl (C=O) groups is 1. The molecule has 0 amide bonds. The summed E-state index contributed by atoms with van der Waals surface area (Å²) in [6.07, 6.45) is 2.59. The second-order valence-corrected chi connectivity index (χ2v) is 5.44. The van der Waals surface area contributed by atoms with Crippen LogP contribution in [0, 0.1) is 17.1 Å². The van der Waals surface area contributed by atoms with Gasteiger partial charge in [0.25, 0.3) is 0 Å². The fourth-order valence-electron chi connectivity index (χ4n) is 2.74. The number of carboxylic acids is 1. The number of unbranched alkanes of at least 4 members (excludes halogenated alkanes) is 1. The highest BCUT2D eigenvalue weighted by atomic mass is 19.1. The molecular formula is C19H18FNO2. The summed E-state index contributed by atoms with van der Waals surface area (Å²) in [7, 11) is 0. The van der Waals surface area contributed by atoms with Gasteiger partial charge in [-0.1, -0.05) is 44.0 Å². The van der Waals surface area contributed by atoms with Crippen molar-refractivity contribution in [1.82, 2.24) is 0 Å². The third kappa shape index (κ3) is 3.75. The molecule has 0 heterocycles. The Kier molecular flexibility index (Phi) is 5.48. The maximum absolute atomic E-state index is 14.0. The molecule has 23 heavy (non-hydrogen) atoms. The number of hydrogen-bond acceptors (Lipinski definition) is 2. The Hall–Kier alpha value is -2.67. The van der Waals surface area contributed by atoms with Gasteiger partial charge < -0.3 is 5.11 Å². The van der Waals surface area contributed by atoms with Crippen molar-refractivity contribution in [2.75, 3.05) is 0 Å². The van der Waals surface area contributed by atoms with Gasteiger partial charge in [0.15, 0.2) is 0 Å². The maximum atomic E-state index is 14.0. The van der Waals surface area contributed by atoms with Gasteiger partial charge in [-0.2, -0.15) is 5.26 Å². The third-order valence-electron chi connectivity index (χ3n) is 3.93. The average molecular weight is 311 g/mol. The zero-order valence-electron chi connectivity index (χ0n) is 12.9. The maximum Gasteiger partial charge on any atom is 0.335 e. The first-order valence-corrected chi connectivity index (χ1v) is 7.60. The van der Waals surface area contributed by atoms with Crippen LogP contribution in [0.1, 0.15) is 59.2 Å². The highest BCUT2D eigenvalue weighted by molar-refractivity contribution is 5.89. The molecule has 0 aliphatic rings. The van der Waals surface area contributed by atoms with Gasteiger partial charge in [0.2, 0.25) is 0 Å². The Morgan fingerprint density at radius 2 is 2.04 bits per heavy atom. The summed E-state index contributed by atoms with van der Waals surface area (Å²) in [4.78, 5) is 11.5. The number of nitrogens with zero attached hydrogens (tertiary/aromatic N) is 1. The largest absolute Gasteiger partial charge is 0.478 e. The molecule has 4 heteroatoms. The summed E-state index contributed by atoms with van der Waals surface area (Å²) in [5.41, 5.74) is 1.61. The van der Waals surface area contributed by atoms with Crippen molar-refractivity contribution in [3.8, 4) is 6.07 Å². The van der Waals surface area contributed by atoms with E-state index in [-0.39, 0.29) is 17.0 Å². The van der Waals surface area contributed by atoms with E-state index in [1.54, 1.807) is 36.4 Å². The summed E-state index contributed by atoms with van der Waals surface area (Å²) >= 11 is 0. The van der Waals surface area contributed by atoms with E-state index < -0.39 is 11.8 Å². The molecule has 0 saturated carbocycles. The summed E-state index contributed by atoms with van der Waals surface area (Å²) < 4.78 is 14.0. The minimum absolute atomic E-state index is 0.00508. The van der Waals surface area contributed by atoms with Crippen LogP contribution in [0.25, 0.3) is 0 Å². The van der Waals surface area contributed by atoms with Crippen molar-refractivity contribution < 1.29 is 14.3 Å². The van der Waals surface area contributed by atoms with Crippen molar-refractivity contribution in [3.05, 3.63) is 70.5 Å². The molecule has 0 saturated heterocycles. The van der Waals surface area contributed by atoms with Crippen molar-refractivity contribution in [3.63, 3.8) is 0 Å². The predicted molar refractivity (Wildman–Crippen MR) is 85.9 cm³/mol. The Balaban J connectivity index is 2.52. The van der Waals surface area contributed by atoms with Crippen LogP contribution in [-0.4, -0.2) is 11.1 Å². The summed E-state index contributed by atoms with van der Waals surface area (Å²) in [5.74, 6) is -1.76. The van der Waals surface area contributed by atoms with E-state index in [0.29, 0.717) is 11.1 Å². The fraction of sp³-hybridized carbons (Fsp3) is 0.263. The lowest BCUT2D eigenvalue weighted by molar-refractivity contribution is 0.0695. The first-order chi connectivity index (χ1) is 11.1. The number of rotatable bonds is 6. The molecule has 1 atom stereocenters. The minimum atomic E-state index is -0.990. The molecule has 3 nitrogen and oxygen atoms in total. The van der Waals surface area contributed by atoms with Crippen LogP contribution in [0.3, 0.4) is 0 Å². The van der Waals surface area contributed by atoms with Crippen molar-refractivity contribution >= 4 is 5.97 Å². The Bertz CT molecular complexity index is 749. The van der Waals surface area contributed by atoms with Crippen LogP contribution in [0.4, 0.5) is 4.39 Å². The summed E-state index contributed by atoms with van der Waals surface area (Å²) in [6, 6.07) is 13.1. The first kappa shape index (κ1) is 16.7. The van der Waals surface area contributed by atoms with Gasteiger partial charge in [-0.05, 0) is 35.7 Å². The summed E-state index contributed by atoms with van der Waals surface area (Å²) in [6.45, 7) is 2.06. The van der Waals surface area contributed by atoms with Crippen molar-refractivity contribution in [1.29, 1.82) is 5.26 Å². The monoisotopic (exact) mass is 311 g/mol. The van der Waals surface area contributed by atoms with E-state index in [2.05, 4.69) is 6.92 Å². The van der Waals surface area contributed by atoms with Crippen LogP contribution in [0.2, 0.25) is 0 Å². The molecule has 1 N–H and O–H groups in total. The molecule has 0 spiro atoms. The van der Waals surface area contributed by atoms with E-state index in [9.17, 15) is 14.3 Å². The molecule has 2 aromatic carbocycles. The number of aromatic carboxylic acids is 1. The lowest BCUT2D eigenvalue weighted by Crippen LogP contribution is -2.09. The lowest BCUT2D eigenvalue weighted by Gasteiger charge is -2.20. The minimum Gasteiger partial charge on any atom is -0.478 e. The quantitative estimate of drug-likeness (QED) is 0.839. The molecular weight excluding hydrogens is 293 g/mol. The number of nitriles is 1. The highest BCUT2D eigenvalue weighted by Crippen LogP contribution is 2.33. The van der Waals surface area contributed by atoms with E-state index >= 15 is 0 Å². The predicted octanol–water partition coefficient (Wildman–Crippen LogP) is 4.72. The van der Waals surface area contributed by atoms with E-state index in [1.807, 2.05) is 0 Å². The van der Waals surface area contributed by atoms with Crippen LogP contribution >= 0.6 is 0 Å². The van der Waals surface area contributed by atoms with Crippen LogP contribution in [0.15, 0.2) is 42.5 Å². The zero-order valence-corrected chi connectivity index (χ0v) is 12.9. The molecule has 0 radical (unpaired) electrons. The fourth-order valence-corrected chi connectivity index (χ4v) is 2.74. The standard InChI is InChI=1S/C19H18FNO2/c1-2-3-6-15(13-9-10-14(12-21)18(20)11-13)16-7-4-5-8-17(16)19(22)23/h4-5,7-11,15H,2-3,6H2,1H3,(H,22,23). The van der Waals surface area contributed by atoms with Gasteiger partial charge in [0, 0.05) is 5.92 Å². The number of benzene rings is 2. The van der Waals surface area contributed by atoms with Crippen molar-refractivity contribution in [2.45, 2.75) is 32.1 Å². The normalized spacial score (nSPS) is 11.7. The number of carboxylic acid groups (broad SMARTS) is 1. The molecule has 2 rings (SSSR count). The Morgan fingerprint density at radius 1 is 1.30 bits per heavy atom. The topological polar surface area (TPSA) is 61.1 Å². The molecule has 118 valence electrons. The molecule has 0 aromatic heterocycles. The smallest absolute Gasteiger partial charge is 0.335 e. The lowest BCUT2D eigenvalue weighted by atomic mass is 9.84. The van der Waals surface area contributed by atoms with Crippen LogP contribution < -0.4 is 0 Å². The SMILES string of the molecule is CCCCC(c1ccc(C#N)c(F)c1)c1ccccc1C(=O)O. The van der Waals surface area contributed by atoms with Gasteiger partial charge in [0.05, 0.1) is 11.1 Å². The zero-order chi connectivity index (χ0) is 16.8. The van der Waals surface area contributed by atoms with Crippen LogP contribution in [0.5, 0.6) is 0 Å². The third-order valence-corrected chi connectivity index (χ3v) is 3.93. The molecule has 0 aliphatic carbocycles. The second kappa shape index (κ2) is 7.55. The van der Waals surface area contributed by atoms with E-state index in [1.165, 1.54) is 12.1 Å². The van der Waals surface area contributed by atoms with Gasteiger partial charge in [-0.3, -0.25) is 0 Å². The van der Waals surface area contributed by atoms with Crippen LogP contribution in [-0.2, 0) is 0 Å². The van der Waals surface area contributed by atoms with Gasteiger partial charge >= 0.3 is 5.97 Å². The molecule has 2 aromatic rings. The van der Waals surface area contributed by atoms with Crippen molar-refractivity contribution in [2.24, 2.45) is 0 Å². The summed E-state index contributed by atoms with van der Waals surface area (Å²) in [5, 5.41) is 18.3. The molecule has 0 bridgehead atoms. The second-order valence-electron chi connectivity index (χ2n) is 5.44. The number of halogens is 1. The average Bonchev–Trinajstić information content (AvgIpc) is 2.55. The van der Waals surface area contributed by atoms with Gasteiger partial charge in [-0.25, -0.2) is 9.18 Å².